The molecule has 30 heavy (non-hydrogen) atoms. The van der Waals surface area contributed by atoms with Gasteiger partial charge in [0.2, 0.25) is 0 Å². The molecule has 7 heteroatoms. The van der Waals surface area contributed by atoms with Crippen molar-refractivity contribution in [2.75, 3.05) is 5.32 Å². The molecule has 0 fully saturated rings. The summed E-state index contributed by atoms with van der Waals surface area (Å²) in [6.07, 6.45) is 1.94. The molecule has 0 aliphatic rings. The van der Waals surface area contributed by atoms with Gasteiger partial charge in [0, 0.05) is 29.9 Å². The van der Waals surface area contributed by atoms with Crippen LogP contribution in [0.15, 0.2) is 85.1 Å². The van der Waals surface area contributed by atoms with Gasteiger partial charge in [-0.1, -0.05) is 48.5 Å². The lowest BCUT2D eigenvalue weighted by Crippen LogP contribution is -2.28. The van der Waals surface area contributed by atoms with Crippen molar-refractivity contribution < 1.29 is 8.78 Å². The van der Waals surface area contributed by atoms with Crippen LogP contribution in [-0.2, 0) is 6.54 Å². The lowest BCUT2D eigenvalue weighted by Gasteiger charge is -2.11. The van der Waals surface area contributed by atoms with Crippen LogP contribution in [0.1, 0.15) is 5.56 Å². The summed E-state index contributed by atoms with van der Waals surface area (Å²) in [4.78, 5) is 0. The summed E-state index contributed by atoms with van der Waals surface area (Å²) in [5, 5.41) is 10.8. The van der Waals surface area contributed by atoms with Gasteiger partial charge in [-0.05, 0) is 36.5 Å². The second-order valence-electron chi connectivity index (χ2n) is 6.58. The van der Waals surface area contributed by atoms with E-state index < -0.39 is 11.6 Å². The first kappa shape index (κ1) is 19.7. The van der Waals surface area contributed by atoms with Gasteiger partial charge in [-0.25, -0.2) is 13.5 Å². The highest BCUT2D eigenvalue weighted by Gasteiger charge is 2.13. The molecule has 2 N–H and O–H groups in total. The molecule has 0 saturated carbocycles. The summed E-state index contributed by atoms with van der Waals surface area (Å²) in [5.41, 5.74) is 3.77. The van der Waals surface area contributed by atoms with Gasteiger partial charge in [0.25, 0.3) is 0 Å². The molecule has 0 radical (unpaired) electrons. The number of rotatable bonds is 5. The average molecular weight is 420 g/mol. The maximum absolute atomic E-state index is 13.8. The zero-order valence-electron chi connectivity index (χ0n) is 15.8. The predicted octanol–water partition coefficient (Wildman–Crippen LogP) is 5.30. The molecule has 0 amide bonds. The Balaban J connectivity index is 1.55. The van der Waals surface area contributed by atoms with Crippen LogP contribution >= 0.6 is 12.2 Å². The third-order valence-corrected chi connectivity index (χ3v) is 4.72. The second kappa shape index (κ2) is 8.84. The Labute approximate surface area is 178 Å². The predicted molar refractivity (Wildman–Crippen MR) is 118 cm³/mol. The molecule has 1 heterocycles. The normalized spacial score (nSPS) is 10.6. The molecule has 0 atom stereocenters. The standard InChI is InChI=1S/C23H18F2N4S/c24-18-11-12-21(20(25)13-18)27-23(30)26-14-17-15-29(19-9-5-2-6-10-19)28-22(17)16-7-3-1-4-8-16/h1-13,15H,14H2,(H2,26,27,30). The van der Waals surface area contributed by atoms with Crippen LogP contribution in [0, 0.1) is 11.6 Å². The Morgan fingerprint density at radius 2 is 1.63 bits per heavy atom. The van der Waals surface area contributed by atoms with Gasteiger partial charge in [-0.3, -0.25) is 0 Å². The fraction of sp³-hybridized carbons (Fsp3) is 0.0435. The average Bonchev–Trinajstić information content (AvgIpc) is 3.20. The monoisotopic (exact) mass is 420 g/mol. The molecule has 4 nitrogen and oxygen atoms in total. The van der Waals surface area contributed by atoms with E-state index in [4.69, 9.17) is 17.3 Å². The van der Waals surface area contributed by atoms with E-state index in [1.807, 2.05) is 71.5 Å². The van der Waals surface area contributed by atoms with Crippen LogP contribution in [0.5, 0.6) is 0 Å². The van der Waals surface area contributed by atoms with Gasteiger partial charge in [-0.15, -0.1) is 0 Å². The lowest BCUT2D eigenvalue weighted by molar-refractivity contribution is 0.586. The number of benzene rings is 3. The van der Waals surface area contributed by atoms with E-state index in [0.29, 0.717) is 6.54 Å². The largest absolute Gasteiger partial charge is 0.358 e. The molecule has 150 valence electrons. The van der Waals surface area contributed by atoms with Crippen LogP contribution in [0.4, 0.5) is 14.5 Å². The zero-order valence-corrected chi connectivity index (χ0v) is 16.7. The summed E-state index contributed by atoms with van der Waals surface area (Å²) in [7, 11) is 0. The van der Waals surface area contributed by atoms with Gasteiger partial charge in [0.1, 0.15) is 11.6 Å². The Bertz CT molecular complexity index is 1160. The Morgan fingerprint density at radius 1 is 0.933 bits per heavy atom. The molecular formula is C23H18F2N4S. The van der Waals surface area contributed by atoms with E-state index in [2.05, 4.69) is 10.6 Å². The SMILES string of the molecule is Fc1ccc(NC(=S)NCc2cn(-c3ccccc3)nc2-c2ccccc2)c(F)c1. The van der Waals surface area contributed by atoms with Gasteiger partial charge in [0.15, 0.2) is 5.11 Å². The molecule has 0 aliphatic carbocycles. The summed E-state index contributed by atoms with van der Waals surface area (Å²) in [5.74, 6) is -1.35. The highest BCUT2D eigenvalue weighted by Crippen LogP contribution is 2.23. The minimum atomic E-state index is -0.707. The molecule has 0 saturated heterocycles. The fourth-order valence-corrected chi connectivity index (χ4v) is 3.21. The summed E-state index contributed by atoms with van der Waals surface area (Å²) < 4.78 is 28.7. The minimum Gasteiger partial charge on any atom is -0.358 e. The van der Waals surface area contributed by atoms with Crippen molar-refractivity contribution in [2.24, 2.45) is 0 Å². The third kappa shape index (κ3) is 4.52. The van der Waals surface area contributed by atoms with Crippen molar-refractivity contribution in [3.63, 3.8) is 0 Å². The lowest BCUT2D eigenvalue weighted by atomic mass is 10.1. The molecule has 0 spiro atoms. The first-order chi connectivity index (χ1) is 14.6. The molecule has 0 bridgehead atoms. The first-order valence-electron chi connectivity index (χ1n) is 9.29. The Hall–Kier alpha value is -3.58. The highest BCUT2D eigenvalue weighted by molar-refractivity contribution is 7.80. The Kier molecular flexibility index (Phi) is 5.81. The minimum absolute atomic E-state index is 0.108. The molecule has 0 aliphatic heterocycles. The molecule has 0 unspecified atom stereocenters. The first-order valence-corrected chi connectivity index (χ1v) is 9.70. The molecule has 4 aromatic rings. The maximum atomic E-state index is 13.8. The van der Waals surface area contributed by atoms with Crippen LogP contribution in [0.2, 0.25) is 0 Å². The number of anilines is 1. The summed E-state index contributed by atoms with van der Waals surface area (Å²) >= 11 is 5.28. The molecule has 4 rings (SSSR count). The van der Waals surface area contributed by atoms with Crippen molar-refractivity contribution in [1.29, 1.82) is 0 Å². The summed E-state index contributed by atoms with van der Waals surface area (Å²) in [6.45, 7) is 0.381. The number of hydrogen-bond acceptors (Lipinski definition) is 2. The van der Waals surface area contributed by atoms with Crippen molar-refractivity contribution >= 4 is 23.0 Å². The second-order valence-corrected chi connectivity index (χ2v) is 6.99. The quantitative estimate of drug-likeness (QED) is 0.430. The van der Waals surface area contributed by atoms with E-state index >= 15 is 0 Å². The number of nitrogens with one attached hydrogen (secondary N) is 2. The van der Waals surface area contributed by atoms with Gasteiger partial charge < -0.3 is 10.6 Å². The van der Waals surface area contributed by atoms with E-state index in [0.717, 1.165) is 28.6 Å². The highest BCUT2D eigenvalue weighted by atomic mass is 32.1. The van der Waals surface area contributed by atoms with Crippen molar-refractivity contribution in [1.82, 2.24) is 15.1 Å². The molecule has 3 aromatic carbocycles. The van der Waals surface area contributed by atoms with Crippen LogP contribution in [0.3, 0.4) is 0 Å². The van der Waals surface area contributed by atoms with Crippen LogP contribution < -0.4 is 10.6 Å². The number of halogens is 2. The maximum Gasteiger partial charge on any atom is 0.171 e. The number of hydrogen-bond donors (Lipinski definition) is 2. The van der Waals surface area contributed by atoms with Crippen molar-refractivity contribution in [2.45, 2.75) is 6.54 Å². The van der Waals surface area contributed by atoms with Gasteiger partial charge >= 0.3 is 0 Å². The number of thiocarbonyl (C=S) groups is 1. The third-order valence-electron chi connectivity index (χ3n) is 4.48. The number of para-hydroxylation sites is 1. The van der Waals surface area contributed by atoms with Crippen molar-refractivity contribution in [3.8, 4) is 16.9 Å². The molecular weight excluding hydrogens is 402 g/mol. The van der Waals surface area contributed by atoms with Gasteiger partial charge in [0.05, 0.1) is 17.1 Å². The number of aromatic nitrogens is 2. The van der Waals surface area contributed by atoms with Crippen molar-refractivity contribution in [3.05, 3.63) is 102 Å². The van der Waals surface area contributed by atoms with E-state index in [9.17, 15) is 8.78 Å². The Morgan fingerprint density at radius 3 is 2.33 bits per heavy atom. The fourth-order valence-electron chi connectivity index (χ4n) is 3.02. The van der Waals surface area contributed by atoms with E-state index in [-0.39, 0.29) is 10.8 Å². The number of nitrogens with zero attached hydrogens (tertiary/aromatic N) is 2. The molecule has 1 aromatic heterocycles. The van der Waals surface area contributed by atoms with Crippen LogP contribution in [-0.4, -0.2) is 14.9 Å². The van der Waals surface area contributed by atoms with Crippen LogP contribution in [0.25, 0.3) is 16.9 Å². The van der Waals surface area contributed by atoms with E-state index in [1.165, 1.54) is 12.1 Å². The van der Waals surface area contributed by atoms with E-state index in [1.54, 1.807) is 0 Å². The zero-order chi connectivity index (χ0) is 20.9. The smallest absolute Gasteiger partial charge is 0.171 e. The summed E-state index contributed by atoms with van der Waals surface area (Å²) in [6, 6.07) is 22.9. The topological polar surface area (TPSA) is 41.9 Å². The van der Waals surface area contributed by atoms with Gasteiger partial charge in [-0.2, -0.15) is 5.10 Å².